The third-order valence-corrected chi connectivity index (χ3v) is 3.91. The van der Waals surface area contributed by atoms with Gasteiger partial charge >= 0.3 is 0 Å². The number of nitrogens with zero attached hydrogens (tertiary/aromatic N) is 1. The van der Waals surface area contributed by atoms with Crippen LogP contribution < -0.4 is 5.32 Å². The number of fused-ring (bicyclic) bond motifs is 1. The van der Waals surface area contributed by atoms with Crippen LogP contribution in [0.5, 0.6) is 0 Å². The maximum absolute atomic E-state index is 4.33. The molecule has 1 heterocycles. The predicted molar refractivity (Wildman–Crippen MR) is 79.1 cm³/mol. The quantitative estimate of drug-likeness (QED) is 0.902. The molecule has 0 fully saturated rings. The Hall–Kier alpha value is -1.67. The Kier molecular flexibility index (Phi) is 3.34. The van der Waals surface area contributed by atoms with Crippen molar-refractivity contribution in [1.29, 1.82) is 0 Å². The second kappa shape index (κ2) is 5.14. The number of pyridine rings is 1. The van der Waals surface area contributed by atoms with Crippen LogP contribution in [0.1, 0.15) is 36.1 Å². The lowest BCUT2D eigenvalue weighted by Gasteiger charge is -2.13. The minimum absolute atomic E-state index is 0.526. The van der Waals surface area contributed by atoms with Crippen molar-refractivity contribution in [3.05, 3.63) is 53.3 Å². The molecule has 1 aromatic heterocycles. The highest BCUT2D eigenvalue weighted by molar-refractivity contribution is 5.69. The van der Waals surface area contributed by atoms with E-state index in [4.69, 9.17) is 0 Å². The Morgan fingerprint density at radius 2 is 2.21 bits per heavy atom. The SMILES string of the molecule is CCNC1CCc2c(-c3cncc(C)c3)cccc21. The second-order valence-electron chi connectivity index (χ2n) is 5.27. The van der Waals surface area contributed by atoms with Gasteiger partial charge in [0.15, 0.2) is 0 Å². The monoisotopic (exact) mass is 252 g/mol. The van der Waals surface area contributed by atoms with Crippen LogP contribution >= 0.6 is 0 Å². The first-order valence-electron chi connectivity index (χ1n) is 7.06. The minimum atomic E-state index is 0.526. The van der Waals surface area contributed by atoms with E-state index in [0.29, 0.717) is 6.04 Å². The lowest BCUT2D eigenvalue weighted by atomic mass is 9.97. The van der Waals surface area contributed by atoms with Gasteiger partial charge in [0.2, 0.25) is 0 Å². The number of hydrogen-bond donors (Lipinski definition) is 1. The number of rotatable bonds is 3. The van der Waals surface area contributed by atoms with Gasteiger partial charge in [-0.15, -0.1) is 0 Å². The van der Waals surface area contributed by atoms with Crippen LogP contribution in [0.2, 0.25) is 0 Å². The summed E-state index contributed by atoms with van der Waals surface area (Å²) in [5, 5.41) is 3.58. The standard InChI is InChI=1S/C17H20N2/c1-3-19-17-8-7-15-14(5-4-6-16(15)17)13-9-12(2)10-18-11-13/h4-6,9-11,17,19H,3,7-8H2,1-2H3. The summed E-state index contributed by atoms with van der Waals surface area (Å²) in [5.41, 5.74) is 6.79. The summed E-state index contributed by atoms with van der Waals surface area (Å²) in [6.45, 7) is 5.30. The molecule has 3 rings (SSSR count). The maximum Gasteiger partial charge on any atom is 0.0346 e. The molecule has 2 nitrogen and oxygen atoms in total. The molecule has 98 valence electrons. The van der Waals surface area contributed by atoms with E-state index in [1.54, 1.807) is 0 Å². The van der Waals surface area contributed by atoms with Gasteiger partial charge in [-0.1, -0.05) is 25.1 Å². The summed E-state index contributed by atoms with van der Waals surface area (Å²) in [6, 6.07) is 9.42. The molecule has 0 radical (unpaired) electrons. The van der Waals surface area contributed by atoms with Gasteiger partial charge in [-0.05, 0) is 54.6 Å². The minimum Gasteiger partial charge on any atom is -0.310 e. The van der Waals surface area contributed by atoms with Gasteiger partial charge in [0.05, 0.1) is 0 Å². The van der Waals surface area contributed by atoms with Crippen LogP contribution in [0.4, 0.5) is 0 Å². The average Bonchev–Trinajstić information content (AvgIpc) is 2.83. The van der Waals surface area contributed by atoms with Crippen LogP contribution in [-0.4, -0.2) is 11.5 Å². The van der Waals surface area contributed by atoms with Gasteiger partial charge in [-0.25, -0.2) is 0 Å². The zero-order valence-electron chi connectivity index (χ0n) is 11.6. The number of benzene rings is 1. The Morgan fingerprint density at radius 3 is 3.00 bits per heavy atom. The van der Waals surface area contributed by atoms with E-state index in [1.165, 1.54) is 34.2 Å². The average molecular weight is 252 g/mol. The van der Waals surface area contributed by atoms with Crippen molar-refractivity contribution in [2.45, 2.75) is 32.7 Å². The van der Waals surface area contributed by atoms with Gasteiger partial charge in [0, 0.05) is 24.0 Å². The lowest BCUT2D eigenvalue weighted by molar-refractivity contribution is 0.549. The highest BCUT2D eigenvalue weighted by Gasteiger charge is 2.23. The van der Waals surface area contributed by atoms with E-state index < -0.39 is 0 Å². The summed E-state index contributed by atoms with van der Waals surface area (Å²) in [6.07, 6.45) is 6.26. The molecular weight excluding hydrogens is 232 g/mol. The second-order valence-corrected chi connectivity index (χ2v) is 5.27. The first-order valence-corrected chi connectivity index (χ1v) is 7.06. The Balaban J connectivity index is 2.05. The molecule has 1 N–H and O–H groups in total. The first-order chi connectivity index (χ1) is 9.29. The summed E-state index contributed by atoms with van der Waals surface area (Å²) in [7, 11) is 0. The highest BCUT2D eigenvalue weighted by Crippen LogP contribution is 2.37. The van der Waals surface area contributed by atoms with Crippen molar-refractivity contribution in [3.8, 4) is 11.1 Å². The van der Waals surface area contributed by atoms with Gasteiger partial charge in [0.1, 0.15) is 0 Å². The maximum atomic E-state index is 4.33. The lowest BCUT2D eigenvalue weighted by Crippen LogP contribution is -2.18. The molecule has 0 saturated heterocycles. The third kappa shape index (κ3) is 2.28. The van der Waals surface area contributed by atoms with Crippen LogP contribution in [0.3, 0.4) is 0 Å². The molecule has 19 heavy (non-hydrogen) atoms. The highest BCUT2D eigenvalue weighted by atomic mass is 14.9. The normalized spacial score (nSPS) is 17.5. The van der Waals surface area contributed by atoms with Crippen LogP contribution in [0.25, 0.3) is 11.1 Å². The molecule has 0 aliphatic heterocycles. The van der Waals surface area contributed by atoms with E-state index in [-0.39, 0.29) is 0 Å². The van der Waals surface area contributed by atoms with Crippen molar-refractivity contribution in [2.24, 2.45) is 0 Å². The van der Waals surface area contributed by atoms with E-state index >= 15 is 0 Å². The number of aromatic nitrogens is 1. The predicted octanol–water partition coefficient (Wildman–Crippen LogP) is 3.65. The fraction of sp³-hybridized carbons (Fsp3) is 0.353. The van der Waals surface area contributed by atoms with Crippen LogP contribution in [0.15, 0.2) is 36.7 Å². The smallest absolute Gasteiger partial charge is 0.0346 e. The molecular formula is C17H20N2. The molecule has 2 heteroatoms. The molecule has 1 aliphatic rings. The van der Waals surface area contributed by atoms with Gasteiger partial charge < -0.3 is 5.32 Å². The fourth-order valence-electron chi connectivity index (χ4n) is 3.09. The van der Waals surface area contributed by atoms with Crippen molar-refractivity contribution in [1.82, 2.24) is 10.3 Å². The van der Waals surface area contributed by atoms with Crippen molar-refractivity contribution < 1.29 is 0 Å². The van der Waals surface area contributed by atoms with Crippen molar-refractivity contribution >= 4 is 0 Å². The molecule has 1 atom stereocenters. The Labute approximate surface area is 114 Å². The summed E-state index contributed by atoms with van der Waals surface area (Å²) >= 11 is 0. The molecule has 1 unspecified atom stereocenters. The summed E-state index contributed by atoms with van der Waals surface area (Å²) in [5.74, 6) is 0. The van der Waals surface area contributed by atoms with E-state index in [2.05, 4.69) is 48.4 Å². The molecule has 0 amide bonds. The molecule has 0 bridgehead atoms. The van der Waals surface area contributed by atoms with Crippen molar-refractivity contribution in [3.63, 3.8) is 0 Å². The Bertz CT molecular complexity index is 590. The number of aryl methyl sites for hydroxylation is 1. The van der Waals surface area contributed by atoms with Gasteiger partial charge in [-0.2, -0.15) is 0 Å². The van der Waals surface area contributed by atoms with E-state index in [1.807, 2.05) is 12.4 Å². The molecule has 2 aromatic rings. The van der Waals surface area contributed by atoms with Crippen LogP contribution in [-0.2, 0) is 6.42 Å². The Morgan fingerprint density at radius 1 is 1.32 bits per heavy atom. The number of hydrogen-bond acceptors (Lipinski definition) is 2. The topological polar surface area (TPSA) is 24.9 Å². The fourth-order valence-corrected chi connectivity index (χ4v) is 3.09. The van der Waals surface area contributed by atoms with E-state index in [0.717, 1.165) is 13.0 Å². The summed E-state index contributed by atoms with van der Waals surface area (Å²) < 4.78 is 0. The first kappa shape index (κ1) is 12.4. The molecule has 1 aromatic carbocycles. The zero-order chi connectivity index (χ0) is 13.2. The van der Waals surface area contributed by atoms with E-state index in [9.17, 15) is 0 Å². The molecule has 1 aliphatic carbocycles. The van der Waals surface area contributed by atoms with Crippen LogP contribution in [0, 0.1) is 6.92 Å². The van der Waals surface area contributed by atoms with Crippen molar-refractivity contribution in [2.75, 3.05) is 6.54 Å². The van der Waals surface area contributed by atoms with Gasteiger partial charge in [-0.3, -0.25) is 4.98 Å². The summed E-state index contributed by atoms with van der Waals surface area (Å²) in [4.78, 5) is 4.33. The molecule has 0 spiro atoms. The van der Waals surface area contributed by atoms with Gasteiger partial charge in [0.25, 0.3) is 0 Å². The largest absolute Gasteiger partial charge is 0.310 e. The number of nitrogens with one attached hydrogen (secondary N) is 1. The third-order valence-electron chi connectivity index (χ3n) is 3.91. The molecule has 0 saturated carbocycles. The zero-order valence-corrected chi connectivity index (χ0v) is 11.6.